The molecule has 2 atom stereocenters. The number of ether oxygens (including phenoxy) is 1. The molecule has 2 rings (SSSR count). The molecule has 124 valence electrons. The molecule has 1 aromatic carbocycles. The molecule has 7 heteroatoms. The van der Waals surface area contributed by atoms with E-state index in [2.05, 4.69) is 20.7 Å². The van der Waals surface area contributed by atoms with Crippen LogP contribution in [0.5, 0.6) is 0 Å². The fourth-order valence-electron chi connectivity index (χ4n) is 2.79. The normalized spacial score (nSPS) is 19.7. The summed E-state index contributed by atoms with van der Waals surface area (Å²) < 4.78 is 4.52. The van der Waals surface area contributed by atoms with Gasteiger partial charge in [0.15, 0.2) is 0 Å². The monoisotopic (exact) mass is 319 g/mol. The molecule has 0 bridgehead atoms. The molecular weight excluding hydrogens is 298 g/mol. The highest BCUT2D eigenvalue weighted by Crippen LogP contribution is 2.26. The van der Waals surface area contributed by atoms with Crippen LogP contribution in [-0.2, 0) is 9.53 Å². The standard InChI is InChI=1S/C16H21N3O4/c1-17-15(21)12-7-4-8-13(12)19-14(20)10-5-3-6-11(9-10)18-16(22)23-2/h3,5-6,9,12-13H,4,7-8H2,1-2H3,(H,17,21)(H,18,22)(H,19,20)/t12-,13-/m1/s1. The number of nitrogens with one attached hydrogen (secondary N) is 3. The Bertz CT molecular complexity index is 603. The molecule has 0 radical (unpaired) electrons. The number of amides is 3. The molecule has 1 fully saturated rings. The minimum atomic E-state index is -0.599. The lowest BCUT2D eigenvalue weighted by Gasteiger charge is -2.19. The summed E-state index contributed by atoms with van der Waals surface area (Å²) in [5, 5.41) is 8.06. The van der Waals surface area contributed by atoms with Crippen molar-refractivity contribution in [1.82, 2.24) is 10.6 Å². The molecule has 23 heavy (non-hydrogen) atoms. The first-order chi connectivity index (χ1) is 11.0. The van der Waals surface area contributed by atoms with Crippen molar-refractivity contribution in [3.05, 3.63) is 29.8 Å². The first-order valence-electron chi connectivity index (χ1n) is 7.52. The van der Waals surface area contributed by atoms with Gasteiger partial charge in [-0.3, -0.25) is 14.9 Å². The third-order valence-electron chi connectivity index (χ3n) is 3.97. The van der Waals surface area contributed by atoms with E-state index < -0.39 is 6.09 Å². The van der Waals surface area contributed by atoms with Crippen LogP contribution in [0.3, 0.4) is 0 Å². The highest BCUT2D eigenvalue weighted by molar-refractivity contribution is 5.96. The predicted octanol–water partition coefficient (Wildman–Crippen LogP) is 1.51. The minimum Gasteiger partial charge on any atom is -0.453 e. The van der Waals surface area contributed by atoms with E-state index in [9.17, 15) is 14.4 Å². The minimum absolute atomic E-state index is 0.0473. The second kappa shape index (κ2) is 7.62. The lowest BCUT2D eigenvalue weighted by molar-refractivity contribution is -0.124. The van der Waals surface area contributed by atoms with Gasteiger partial charge in [0.1, 0.15) is 0 Å². The molecule has 1 aliphatic carbocycles. The molecule has 3 N–H and O–H groups in total. The summed E-state index contributed by atoms with van der Waals surface area (Å²) in [6.07, 6.45) is 1.86. The van der Waals surface area contributed by atoms with Gasteiger partial charge < -0.3 is 15.4 Å². The summed E-state index contributed by atoms with van der Waals surface area (Å²) >= 11 is 0. The number of rotatable bonds is 4. The lowest BCUT2D eigenvalue weighted by atomic mass is 10.0. The van der Waals surface area contributed by atoms with Crippen molar-refractivity contribution in [3.63, 3.8) is 0 Å². The van der Waals surface area contributed by atoms with Crippen molar-refractivity contribution in [3.8, 4) is 0 Å². The molecule has 3 amide bonds. The Morgan fingerprint density at radius 1 is 1.22 bits per heavy atom. The predicted molar refractivity (Wildman–Crippen MR) is 85.1 cm³/mol. The highest BCUT2D eigenvalue weighted by atomic mass is 16.5. The van der Waals surface area contributed by atoms with Crippen LogP contribution in [0.4, 0.5) is 10.5 Å². The fourth-order valence-corrected chi connectivity index (χ4v) is 2.79. The summed E-state index contributed by atoms with van der Waals surface area (Å²) in [4.78, 5) is 35.4. The van der Waals surface area contributed by atoms with E-state index in [0.717, 1.165) is 19.3 Å². The van der Waals surface area contributed by atoms with Crippen LogP contribution in [0.25, 0.3) is 0 Å². The highest BCUT2D eigenvalue weighted by Gasteiger charge is 2.33. The van der Waals surface area contributed by atoms with Gasteiger partial charge in [0.05, 0.1) is 13.0 Å². The molecule has 0 aliphatic heterocycles. The Kier molecular flexibility index (Phi) is 5.56. The average molecular weight is 319 g/mol. The van der Waals surface area contributed by atoms with Gasteiger partial charge in [-0.1, -0.05) is 12.5 Å². The zero-order valence-corrected chi connectivity index (χ0v) is 13.2. The number of hydrogen-bond acceptors (Lipinski definition) is 4. The summed E-state index contributed by atoms with van der Waals surface area (Å²) in [7, 11) is 2.87. The zero-order valence-electron chi connectivity index (χ0n) is 13.2. The van der Waals surface area contributed by atoms with Crippen LogP contribution in [0, 0.1) is 5.92 Å². The Morgan fingerprint density at radius 3 is 2.70 bits per heavy atom. The van der Waals surface area contributed by atoms with Crippen LogP contribution in [-0.4, -0.2) is 38.1 Å². The zero-order chi connectivity index (χ0) is 16.8. The third kappa shape index (κ3) is 4.21. The van der Waals surface area contributed by atoms with Crippen molar-refractivity contribution in [2.24, 2.45) is 5.92 Å². The SMILES string of the molecule is CNC(=O)[C@@H]1CCC[C@H]1NC(=O)c1cccc(NC(=O)OC)c1. The summed E-state index contributed by atoms with van der Waals surface area (Å²) in [6, 6.07) is 6.39. The van der Waals surface area contributed by atoms with Gasteiger partial charge in [0, 0.05) is 24.3 Å². The summed E-state index contributed by atoms with van der Waals surface area (Å²) in [5.74, 6) is -0.506. The molecule has 0 unspecified atom stereocenters. The van der Waals surface area contributed by atoms with Gasteiger partial charge in [0.25, 0.3) is 5.91 Å². The second-order valence-electron chi connectivity index (χ2n) is 5.43. The Morgan fingerprint density at radius 2 is 2.00 bits per heavy atom. The van der Waals surface area contributed by atoms with Crippen LogP contribution in [0.15, 0.2) is 24.3 Å². The quantitative estimate of drug-likeness (QED) is 0.783. The number of carbonyl (C=O) groups is 3. The topological polar surface area (TPSA) is 96.5 Å². The van der Waals surface area contributed by atoms with E-state index >= 15 is 0 Å². The largest absolute Gasteiger partial charge is 0.453 e. The maximum absolute atomic E-state index is 12.4. The van der Waals surface area contributed by atoms with Crippen molar-refractivity contribution in [2.45, 2.75) is 25.3 Å². The van der Waals surface area contributed by atoms with E-state index in [4.69, 9.17) is 0 Å². The second-order valence-corrected chi connectivity index (χ2v) is 5.43. The van der Waals surface area contributed by atoms with Gasteiger partial charge >= 0.3 is 6.09 Å². The molecule has 0 spiro atoms. The van der Waals surface area contributed by atoms with Crippen molar-refractivity contribution < 1.29 is 19.1 Å². The van der Waals surface area contributed by atoms with E-state index in [1.807, 2.05) is 0 Å². The molecule has 1 aromatic rings. The maximum Gasteiger partial charge on any atom is 0.411 e. The van der Waals surface area contributed by atoms with Crippen LogP contribution >= 0.6 is 0 Å². The van der Waals surface area contributed by atoms with Crippen molar-refractivity contribution in [2.75, 3.05) is 19.5 Å². The number of anilines is 1. The number of carbonyl (C=O) groups excluding carboxylic acids is 3. The molecule has 0 aromatic heterocycles. The van der Waals surface area contributed by atoms with Crippen LogP contribution < -0.4 is 16.0 Å². The van der Waals surface area contributed by atoms with Crippen LogP contribution in [0.1, 0.15) is 29.6 Å². The van der Waals surface area contributed by atoms with E-state index in [-0.39, 0.29) is 23.8 Å². The van der Waals surface area contributed by atoms with Gasteiger partial charge in [-0.25, -0.2) is 4.79 Å². The van der Waals surface area contributed by atoms with Gasteiger partial charge in [-0.05, 0) is 31.0 Å². The first kappa shape index (κ1) is 16.8. The Hall–Kier alpha value is -2.57. The molecule has 1 aliphatic rings. The van der Waals surface area contributed by atoms with Gasteiger partial charge in [-0.2, -0.15) is 0 Å². The molecule has 7 nitrogen and oxygen atoms in total. The van der Waals surface area contributed by atoms with E-state index in [1.165, 1.54) is 7.11 Å². The third-order valence-corrected chi connectivity index (χ3v) is 3.97. The van der Waals surface area contributed by atoms with E-state index in [0.29, 0.717) is 11.3 Å². The lowest BCUT2D eigenvalue weighted by Crippen LogP contribution is -2.43. The van der Waals surface area contributed by atoms with Crippen molar-refractivity contribution in [1.29, 1.82) is 0 Å². The van der Waals surface area contributed by atoms with E-state index in [1.54, 1.807) is 31.3 Å². The Balaban J connectivity index is 2.04. The van der Waals surface area contributed by atoms with Crippen LogP contribution in [0.2, 0.25) is 0 Å². The van der Waals surface area contributed by atoms with Gasteiger partial charge in [0.2, 0.25) is 5.91 Å². The molecular formula is C16H21N3O4. The molecule has 1 saturated carbocycles. The number of benzene rings is 1. The van der Waals surface area contributed by atoms with Crippen molar-refractivity contribution >= 4 is 23.6 Å². The first-order valence-corrected chi connectivity index (χ1v) is 7.52. The summed E-state index contributed by atoms with van der Waals surface area (Å²) in [5.41, 5.74) is 0.889. The fraction of sp³-hybridized carbons (Fsp3) is 0.438. The smallest absolute Gasteiger partial charge is 0.411 e. The van der Waals surface area contributed by atoms with Gasteiger partial charge in [-0.15, -0.1) is 0 Å². The summed E-state index contributed by atoms with van der Waals surface area (Å²) in [6.45, 7) is 0. The molecule has 0 heterocycles. The molecule has 0 saturated heterocycles. The average Bonchev–Trinajstić information content (AvgIpc) is 3.02. The number of methoxy groups -OCH3 is 1. The maximum atomic E-state index is 12.4. The number of hydrogen-bond donors (Lipinski definition) is 3. The Labute approximate surface area is 134 Å².